The number of fused-ring (bicyclic) bond motifs is 3. The summed E-state index contributed by atoms with van der Waals surface area (Å²) >= 11 is 1.50. The molecule has 470 valence electrons. The minimum atomic E-state index is -0.649. The Hall–Kier alpha value is -8.65. The standard InChI is InChI=1S/C72H77N3O14S/c1-7-65(76)85-33-17-32-84-57-27-26-53-37-55(25-24-54(53)38-57)69(78)89-61-28-22-51(36-63(61)79-6)23-29-66(77)88-62-39-56(40-73-75(48-83-44-71(5)42-81-43-71)70-74-60-20-13-14-21-64(60)90-70)68(59-19-12-11-18-58(59)62)87-41-52-34-49(3)67(50(4)35-52)86-31-16-10-9-15-30-80-45-72(8-2)46-82-47-72/h7,11-14,18-29,34-40H,1,8-10,15-17,30-33,41-48H2,2-6H3/b29-23+,73-40+. The molecule has 2 fully saturated rings. The number of hydrazone groups is 1. The van der Waals surface area contributed by atoms with Crippen LogP contribution in [0.4, 0.5) is 5.13 Å². The molecule has 0 spiro atoms. The van der Waals surface area contributed by atoms with Crippen LogP contribution in [0.1, 0.15) is 90.5 Å². The normalized spacial score (nSPS) is 14.1. The molecule has 0 radical (unpaired) electrons. The Morgan fingerprint density at radius 2 is 1.44 bits per heavy atom. The molecule has 3 heterocycles. The lowest BCUT2D eigenvalue weighted by atomic mass is 9.84. The summed E-state index contributed by atoms with van der Waals surface area (Å²) in [7, 11) is 1.47. The first kappa shape index (κ1) is 64.3. The van der Waals surface area contributed by atoms with Crippen LogP contribution in [-0.2, 0) is 39.9 Å². The van der Waals surface area contributed by atoms with E-state index in [9.17, 15) is 14.4 Å². The minimum absolute atomic E-state index is 0.0975. The molecule has 8 aromatic rings. The fourth-order valence-corrected chi connectivity index (χ4v) is 11.4. The molecule has 0 unspecified atom stereocenters. The van der Waals surface area contributed by atoms with Crippen molar-refractivity contribution in [2.24, 2.45) is 15.9 Å². The van der Waals surface area contributed by atoms with Crippen LogP contribution in [-0.4, -0.2) is 109 Å². The van der Waals surface area contributed by atoms with Crippen molar-refractivity contribution in [1.29, 1.82) is 0 Å². The first-order chi connectivity index (χ1) is 43.8. The van der Waals surface area contributed by atoms with Crippen molar-refractivity contribution in [3.05, 3.63) is 173 Å². The lowest BCUT2D eigenvalue weighted by Crippen LogP contribution is -2.45. The predicted octanol–water partition coefficient (Wildman–Crippen LogP) is 14.4. The Labute approximate surface area is 529 Å². The lowest BCUT2D eigenvalue weighted by Gasteiger charge is -2.40. The monoisotopic (exact) mass is 1240 g/mol. The number of methoxy groups -OCH3 is 1. The molecule has 1 aromatic heterocycles. The number of rotatable bonds is 33. The second kappa shape index (κ2) is 30.7. The summed E-state index contributed by atoms with van der Waals surface area (Å²) < 4.78 is 66.0. The van der Waals surface area contributed by atoms with Gasteiger partial charge in [0, 0.05) is 52.3 Å². The van der Waals surface area contributed by atoms with Gasteiger partial charge >= 0.3 is 17.9 Å². The number of carbonyl (C=O) groups excluding carboxylic acids is 3. The third-order valence-corrected chi connectivity index (χ3v) is 16.8. The molecular formula is C72H77N3O14S. The molecule has 2 aliphatic rings. The number of aromatic nitrogens is 1. The molecule has 0 N–H and O–H groups in total. The van der Waals surface area contributed by atoms with Gasteiger partial charge in [-0.05, 0) is 145 Å². The summed E-state index contributed by atoms with van der Waals surface area (Å²) in [4.78, 5) is 43.7. The van der Waals surface area contributed by atoms with E-state index in [0.29, 0.717) is 83.5 Å². The number of anilines is 1. The van der Waals surface area contributed by atoms with E-state index >= 15 is 0 Å². The van der Waals surface area contributed by atoms with Crippen molar-refractivity contribution in [2.75, 3.05) is 84.9 Å². The first-order valence-electron chi connectivity index (χ1n) is 30.5. The van der Waals surface area contributed by atoms with Crippen LogP contribution in [0.5, 0.6) is 34.5 Å². The van der Waals surface area contributed by atoms with Gasteiger partial charge in [-0.3, -0.25) is 0 Å². The van der Waals surface area contributed by atoms with E-state index in [1.165, 1.54) is 24.5 Å². The van der Waals surface area contributed by atoms with Gasteiger partial charge in [-0.25, -0.2) is 24.4 Å². The van der Waals surface area contributed by atoms with Crippen LogP contribution in [0.2, 0.25) is 0 Å². The van der Waals surface area contributed by atoms with Gasteiger partial charge in [0.15, 0.2) is 11.5 Å². The summed E-state index contributed by atoms with van der Waals surface area (Å²) in [5.74, 6) is 1.08. The highest BCUT2D eigenvalue weighted by molar-refractivity contribution is 7.22. The highest BCUT2D eigenvalue weighted by Crippen LogP contribution is 2.39. The van der Waals surface area contributed by atoms with E-state index in [4.69, 9.17) is 62.2 Å². The third kappa shape index (κ3) is 16.8. The van der Waals surface area contributed by atoms with Gasteiger partial charge in [-0.1, -0.05) is 92.8 Å². The number of hydrogen-bond acceptors (Lipinski definition) is 18. The average Bonchev–Trinajstić information content (AvgIpc) is 4.20. The van der Waals surface area contributed by atoms with E-state index in [-0.39, 0.29) is 48.0 Å². The molecule has 0 bridgehead atoms. The van der Waals surface area contributed by atoms with Crippen LogP contribution in [0.15, 0.2) is 145 Å². The molecule has 0 aliphatic carbocycles. The van der Waals surface area contributed by atoms with Gasteiger partial charge in [-0.2, -0.15) is 5.10 Å². The fourth-order valence-electron chi connectivity index (χ4n) is 10.5. The molecule has 0 saturated carbocycles. The smallest absolute Gasteiger partial charge is 0.343 e. The molecular weight excluding hydrogens is 1160 g/mol. The van der Waals surface area contributed by atoms with E-state index in [0.717, 1.165) is 108 Å². The highest BCUT2D eigenvalue weighted by Gasteiger charge is 2.37. The number of ether oxygens (including phenoxy) is 11. The second-order valence-corrected chi connectivity index (χ2v) is 24.1. The fraction of sp³-hybridized carbons (Fsp3) is 0.347. The molecule has 90 heavy (non-hydrogen) atoms. The Kier molecular flexibility index (Phi) is 22.0. The number of unbranched alkanes of at least 4 members (excludes halogenated alkanes) is 3. The van der Waals surface area contributed by atoms with Crippen molar-refractivity contribution in [1.82, 2.24) is 4.98 Å². The molecule has 17 nitrogen and oxygen atoms in total. The highest BCUT2D eigenvalue weighted by atomic mass is 32.1. The van der Waals surface area contributed by atoms with Crippen LogP contribution in [0.25, 0.3) is 37.8 Å². The van der Waals surface area contributed by atoms with E-state index < -0.39 is 17.9 Å². The number of hydrogen-bond donors (Lipinski definition) is 0. The number of benzene rings is 7. The maximum absolute atomic E-state index is 14.0. The van der Waals surface area contributed by atoms with Gasteiger partial charge in [-0.15, -0.1) is 0 Å². The summed E-state index contributed by atoms with van der Waals surface area (Å²) in [6.45, 7) is 18.2. The van der Waals surface area contributed by atoms with Gasteiger partial charge in [0.2, 0.25) is 5.13 Å². The summed E-state index contributed by atoms with van der Waals surface area (Å²) in [6, 6.07) is 37.2. The summed E-state index contributed by atoms with van der Waals surface area (Å²) in [5, 5.41) is 10.4. The van der Waals surface area contributed by atoms with Gasteiger partial charge in [0.05, 0.1) is 88.6 Å². The number of esters is 3. The number of thiazole rings is 1. The molecule has 10 rings (SSSR count). The zero-order valence-corrected chi connectivity index (χ0v) is 52.6. The lowest BCUT2D eigenvalue weighted by molar-refractivity contribution is -0.150. The molecule has 7 aromatic carbocycles. The second-order valence-electron chi connectivity index (χ2n) is 23.1. The zero-order chi connectivity index (χ0) is 62.9. The Morgan fingerprint density at radius 3 is 2.19 bits per heavy atom. The molecule has 18 heteroatoms. The Balaban J connectivity index is 0.835. The Bertz CT molecular complexity index is 3830. The van der Waals surface area contributed by atoms with Crippen molar-refractivity contribution in [3.8, 4) is 34.5 Å². The minimum Gasteiger partial charge on any atom is -0.493 e. The van der Waals surface area contributed by atoms with Crippen LogP contribution in [0.3, 0.4) is 0 Å². The van der Waals surface area contributed by atoms with Gasteiger partial charge in [0.25, 0.3) is 0 Å². The van der Waals surface area contributed by atoms with E-state index in [1.54, 1.807) is 59.8 Å². The van der Waals surface area contributed by atoms with Crippen molar-refractivity contribution < 1.29 is 66.5 Å². The van der Waals surface area contributed by atoms with Crippen molar-refractivity contribution >= 4 is 78.4 Å². The maximum atomic E-state index is 14.0. The van der Waals surface area contributed by atoms with Crippen LogP contribution < -0.4 is 33.4 Å². The molecule has 2 saturated heterocycles. The molecule has 2 aliphatic heterocycles. The molecule has 0 atom stereocenters. The number of carbonyl (C=O) groups is 3. The third-order valence-electron chi connectivity index (χ3n) is 15.7. The first-order valence-corrected chi connectivity index (χ1v) is 31.3. The predicted molar refractivity (Wildman–Crippen MR) is 350 cm³/mol. The van der Waals surface area contributed by atoms with Crippen molar-refractivity contribution in [3.63, 3.8) is 0 Å². The van der Waals surface area contributed by atoms with E-state index in [2.05, 4.69) is 46.4 Å². The number of nitrogens with zero attached hydrogens (tertiary/aromatic N) is 3. The maximum Gasteiger partial charge on any atom is 0.343 e. The average molecular weight is 1240 g/mol. The number of para-hydroxylation sites is 1. The molecule has 0 amide bonds. The largest absolute Gasteiger partial charge is 0.493 e. The van der Waals surface area contributed by atoms with Crippen LogP contribution >= 0.6 is 11.3 Å². The summed E-state index contributed by atoms with van der Waals surface area (Å²) in [6.07, 6.45) is 11.5. The topological polar surface area (TPSA) is 181 Å². The summed E-state index contributed by atoms with van der Waals surface area (Å²) in [5.41, 5.74) is 5.40. The van der Waals surface area contributed by atoms with Crippen molar-refractivity contribution in [2.45, 2.75) is 72.8 Å². The van der Waals surface area contributed by atoms with Gasteiger partial charge < -0.3 is 52.1 Å². The van der Waals surface area contributed by atoms with Crippen LogP contribution in [0, 0.1) is 24.7 Å². The van der Waals surface area contributed by atoms with Gasteiger partial charge in [0.1, 0.15) is 36.3 Å². The van der Waals surface area contributed by atoms with E-state index in [1.807, 2.05) is 66.7 Å². The number of aryl methyl sites for hydroxylation is 2. The Morgan fingerprint density at radius 1 is 0.700 bits per heavy atom. The quantitative estimate of drug-likeness (QED) is 0.00720. The zero-order valence-electron chi connectivity index (χ0n) is 51.8. The SMILES string of the molecule is C=CC(=O)OCCCOc1ccc2cc(C(=O)Oc3ccc(/C=C/C(=O)Oc4cc(/C=N/N(COCC5(C)COC5)c5nc6ccccc6s5)c(OCc5cc(C)c(OCCCCCCOCC6(CC)COC6)c(C)c5)c5ccccc45)cc3OC)ccc2c1.